The van der Waals surface area contributed by atoms with Crippen molar-refractivity contribution in [1.82, 2.24) is 19.8 Å². The molecule has 0 fully saturated rings. The van der Waals surface area contributed by atoms with E-state index in [9.17, 15) is 9.90 Å². The first kappa shape index (κ1) is 20.1. The molecule has 0 radical (unpaired) electrons. The fraction of sp³-hybridized carbons (Fsp3) is 0.321. The maximum atomic E-state index is 13.3. The molecule has 0 bridgehead atoms. The number of nitrogens with zero attached hydrogens (tertiary/aromatic N) is 2. The highest BCUT2D eigenvalue weighted by molar-refractivity contribution is 6.30. The lowest BCUT2D eigenvalue weighted by atomic mass is 9.96. The predicted octanol–water partition coefficient (Wildman–Crippen LogP) is 4.27. The van der Waals surface area contributed by atoms with Gasteiger partial charge in [0.25, 0.3) is 5.91 Å². The Bertz CT molecular complexity index is 1660. The number of amides is 1. The third kappa shape index (κ3) is 2.55. The van der Waals surface area contributed by atoms with Crippen LogP contribution in [0.25, 0.3) is 43.6 Å². The maximum absolute atomic E-state index is 13.3. The van der Waals surface area contributed by atoms with Crippen LogP contribution in [-0.2, 0) is 26.2 Å². The van der Waals surface area contributed by atoms with Crippen molar-refractivity contribution < 1.29 is 9.90 Å². The van der Waals surface area contributed by atoms with Gasteiger partial charge in [0.1, 0.15) is 0 Å². The number of fused-ring (bicyclic) bond motifs is 9. The highest BCUT2D eigenvalue weighted by Crippen LogP contribution is 2.46. The van der Waals surface area contributed by atoms with E-state index < -0.39 is 0 Å². The van der Waals surface area contributed by atoms with E-state index in [1.165, 1.54) is 27.4 Å². The molecule has 5 aromatic rings. The molecule has 2 aromatic heterocycles. The molecule has 1 amide bonds. The van der Waals surface area contributed by atoms with E-state index in [0.717, 1.165) is 52.6 Å². The summed E-state index contributed by atoms with van der Waals surface area (Å²) in [5.74, 6) is 0.109. The van der Waals surface area contributed by atoms with Crippen LogP contribution < -0.4 is 10.6 Å². The monoisotopic (exact) mass is 452 g/mol. The molecule has 3 N–H and O–H groups in total. The van der Waals surface area contributed by atoms with E-state index in [1.807, 2.05) is 0 Å². The minimum Gasteiger partial charge on any atom is -0.396 e. The summed E-state index contributed by atoms with van der Waals surface area (Å²) in [7, 11) is 0. The van der Waals surface area contributed by atoms with E-state index in [-0.39, 0.29) is 18.4 Å². The number of aliphatic hydroxyl groups is 1. The van der Waals surface area contributed by atoms with Gasteiger partial charge in [-0.3, -0.25) is 4.79 Å². The highest BCUT2D eigenvalue weighted by Gasteiger charge is 2.34. The van der Waals surface area contributed by atoms with E-state index in [4.69, 9.17) is 0 Å². The van der Waals surface area contributed by atoms with Gasteiger partial charge in [0.15, 0.2) is 0 Å². The molecule has 0 saturated heterocycles. The Morgan fingerprint density at radius 3 is 2.53 bits per heavy atom. The lowest BCUT2D eigenvalue weighted by molar-refractivity contribution is 0.0967. The van der Waals surface area contributed by atoms with Crippen LogP contribution in [0.5, 0.6) is 0 Å². The van der Waals surface area contributed by atoms with Crippen LogP contribution in [0.4, 0.5) is 0 Å². The smallest absolute Gasteiger partial charge is 0.252 e. The minimum atomic E-state index is 0.0152. The van der Waals surface area contributed by atoms with E-state index in [2.05, 4.69) is 76.1 Å². The SMILES string of the molecule is CC(C)NCc1ccc2c(c1)c1c3c(c4c5ccccc5n5c4c1n2CC(CO)C5)CNC3=O. The first-order valence-electron chi connectivity index (χ1n) is 12.2. The average Bonchev–Trinajstić information content (AvgIpc) is 3.43. The van der Waals surface area contributed by atoms with Gasteiger partial charge in [0.2, 0.25) is 0 Å². The number of nitrogens with one attached hydrogen (secondary N) is 2. The molecule has 7 rings (SSSR count). The van der Waals surface area contributed by atoms with Crippen molar-refractivity contribution in [3.05, 3.63) is 59.2 Å². The Balaban J connectivity index is 1.70. The second-order valence-corrected chi connectivity index (χ2v) is 10.2. The van der Waals surface area contributed by atoms with Crippen molar-refractivity contribution >= 4 is 49.5 Å². The van der Waals surface area contributed by atoms with Gasteiger partial charge in [-0.2, -0.15) is 0 Å². The van der Waals surface area contributed by atoms with Crippen molar-refractivity contribution in [2.75, 3.05) is 6.61 Å². The van der Waals surface area contributed by atoms with E-state index in [0.29, 0.717) is 12.6 Å². The molecule has 1 unspecified atom stereocenters. The molecule has 4 heterocycles. The topological polar surface area (TPSA) is 71.2 Å². The van der Waals surface area contributed by atoms with Crippen molar-refractivity contribution in [3.63, 3.8) is 0 Å². The summed E-state index contributed by atoms with van der Waals surface area (Å²) in [6.07, 6.45) is 0. The van der Waals surface area contributed by atoms with Gasteiger partial charge in [-0.15, -0.1) is 0 Å². The van der Waals surface area contributed by atoms with Crippen molar-refractivity contribution in [1.29, 1.82) is 0 Å². The molecule has 1 atom stereocenters. The second-order valence-electron chi connectivity index (χ2n) is 10.2. The molecule has 0 aliphatic carbocycles. The molecular formula is C28H28N4O2. The Morgan fingerprint density at radius 1 is 1.03 bits per heavy atom. The van der Waals surface area contributed by atoms with Crippen LogP contribution in [0, 0.1) is 5.92 Å². The first-order valence-corrected chi connectivity index (χ1v) is 12.2. The Kier molecular flexibility index (Phi) is 4.17. The Morgan fingerprint density at radius 2 is 1.76 bits per heavy atom. The third-order valence-corrected chi connectivity index (χ3v) is 7.68. The van der Waals surface area contributed by atoms with Crippen LogP contribution >= 0.6 is 0 Å². The molecular weight excluding hydrogens is 424 g/mol. The van der Waals surface area contributed by atoms with Crippen molar-refractivity contribution in [2.45, 2.75) is 46.1 Å². The number of benzene rings is 3. The molecule has 2 aliphatic rings. The average molecular weight is 453 g/mol. The number of para-hydroxylation sites is 1. The molecule has 172 valence electrons. The lowest BCUT2D eigenvalue weighted by Crippen LogP contribution is -2.21. The molecule has 34 heavy (non-hydrogen) atoms. The number of rotatable bonds is 4. The van der Waals surface area contributed by atoms with E-state index >= 15 is 0 Å². The molecule has 3 aromatic carbocycles. The van der Waals surface area contributed by atoms with Gasteiger partial charge < -0.3 is 24.9 Å². The van der Waals surface area contributed by atoms with Gasteiger partial charge >= 0.3 is 0 Å². The zero-order chi connectivity index (χ0) is 23.1. The van der Waals surface area contributed by atoms with Gasteiger partial charge in [-0.05, 0) is 29.3 Å². The lowest BCUT2D eigenvalue weighted by Gasteiger charge is -2.15. The van der Waals surface area contributed by atoms with Gasteiger partial charge in [0.05, 0.1) is 16.6 Å². The summed E-state index contributed by atoms with van der Waals surface area (Å²) in [6.45, 7) is 7.26. The number of hydrogen-bond donors (Lipinski definition) is 3. The molecule has 6 heteroatoms. The summed E-state index contributed by atoms with van der Waals surface area (Å²) in [4.78, 5) is 13.3. The maximum Gasteiger partial charge on any atom is 0.252 e. The number of aliphatic hydroxyl groups excluding tert-OH is 1. The van der Waals surface area contributed by atoms with Crippen molar-refractivity contribution in [3.8, 4) is 0 Å². The van der Waals surface area contributed by atoms with Gasteiger partial charge in [-0.25, -0.2) is 0 Å². The second kappa shape index (κ2) is 7.08. The van der Waals surface area contributed by atoms with Crippen LogP contribution in [0.3, 0.4) is 0 Å². The minimum absolute atomic E-state index is 0.0152. The Labute approximate surface area is 197 Å². The van der Waals surface area contributed by atoms with Crippen molar-refractivity contribution in [2.24, 2.45) is 5.92 Å². The Hall–Kier alpha value is -3.35. The molecule has 2 aliphatic heterocycles. The number of aromatic nitrogens is 2. The molecule has 0 spiro atoms. The fourth-order valence-corrected chi connectivity index (χ4v) is 6.22. The van der Waals surface area contributed by atoms with Gasteiger partial charge in [0, 0.05) is 77.3 Å². The molecule has 0 saturated carbocycles. The van der Waals surface area contributed by atoms with Crippen LogP contribution in [0.2, 0.25) is 0 Å². The van der Waals surface area contributed by atoms with E-state index in [1.54, 1.807) is 0 Å². The molecule has 6 nitrogen and oxygen atoms in total. The standard InChI is InChI=1S/C28H28N4O2/c1-15(2)29-10-16-7-8-22-19(9-16)24-25-20(11-30-28(25)34)23-18-5-3-4-6-21(18)31-12-17(14-33)13-32(22)27(24)26(23)31/h3-9,15,17,29,33H,10-14H2,1-2H3,(H,30,34). The zero-order valence-electron chi connectivity index (χ0n) is 19.5. The van der Waals surface area contributed by atoms with Crippen LogP contribution in [0.15, 0.2) is 42.5 Å². The van der Waals surface area contributed by atoms with Crippen LogP contribution in [-0.4, -0.2) is 32.8 Å². The summed E-state index contributed by atoms with van der Waals surface area (Å²) < 4.78 is 4.75. The quantitative estimate of drug-likeness (QED) is 0.381. The number of hydrogen-bond acceptors (Lipinski definition) is 3. The largest absolute Gasteiger partial charge is 0.396 e. The zero-order valence-corrected chi connectivity index (χ0v) is 19.5. The predicted molar refractivity (Wildman–Crippen MR) is 136 cm³/mol. The number of carbonyl (C=O) groups is 1. The highest BCUT2D eigenvalue weighted by atomic mass is 16.3. The first-order chi connectivity index (χ1) is 16.6. The number of carbonyl (C=O) groups excluding carboxylic acids is 1. The fourth-order valence-electron chi connectivity index (χ4n) is 6.22. The van der Waals surface area contributed by atoms with Crippen LogP contribution in [0.1, 0.15) is 35.3 Å². The van der Waals surface area contributed by atoms with Gasteiger partial charge in [-0.1, -0.05) is 38.1 Å². The third-order valence-electron chi connectivity index (χ3n) is 7.68. The summed E-state index contributed by atoms with van der Waals surface area (Å²) >= 11 is 0. The summed E-state index contributed by atoms with van der Waals surface area (Å²) in [5, 5.41) is 21.5. The normalized spacial score (nSPS) is 17.5. The summed E-state index contributed by atoms with van der Waals surface area (Å²) in [6, 6.07) is 15.5. The summed E-state index contributed by atoms with van der Waals surface area (Å²) in [5.41, 5.74) is 7.77.